The fraction of sp³-hybridized carbons (Fsp3) is 0.333. The minimum atomic E-state index is -2.93. The van der Waals surface area contributed by atoms with Crippen LogP contribution in [0.4, 0.5) is 14.6 Å². The summed E-state index contributed by atoms with van der Waals surface area (Å²) in [5, 5.41) is 10.5. The molecular weight excluding hydrogens is 238 g/mol. The summed E-state index contributed by atoms with van der Waals surface area (Å²) in [7, 11) is 1.03. The van der Waals surface area contributed by atoms with Gasteiger partial charge in [0.2, 0.25) is 0 Å². The molecule has 0 saturated carbocycles. The van der Waals surface area contributed by atoms with E-state index in [2.05, 4.69) is 9.72 Å². The average Bonchev–Trinajstić information content (AvgIpc) is 2.27. The van der Waals surface area contributed by atoms with Gasteiger partial charge in [-0.1, -0.05) is 0 Å². The highest BCUT2D eigenvalue weighted by Gasteiger charge is 2.27. The molecule has 0 aliphatic heterocycles. The molecule has 0 unspecified atom stereocenters. The molecular formula is C9H8F2N2O4. The van der Waals surface area contributed by atoms with Gasteiger partial charge in [0, 0.05) is 17.2 Å². The van der Waals surface area contributed by atoms with E-state index in [9.17, 15) is 23.7 Å². The summed E-state index contributed by atoms with van der Waals surface area (Å²) in [6.45, 7) is 1.23. The monoisotopic (exact) mass is 246 g/mol. The zero-order valence-electron chi connectivity index (χ0n) is 8.94. The SMILES string of the molecule is COC(=O)c1nc([N+](=O)[O-])cc(C(F)F)c1C. The molecule has 1 heterocycles. The number of ether oxygens (including phenoxy) is 1. The molecule has 0 bridgehead atoms. The van der Waals surface area contributed by atoms with Crippen LogP contribution in [-0.4, -0.2) is 23.0 Å². The van der Waals surface area contributed by atoms with Crippen molar-refractivity contribution in [3.63, 3.8) is 0 Å². The van der Waals surface area contributed by atoms with Crippen molar-refractivity contribution in [1.29, 1.82) is 0 Å². The maximum absolute atomic E-state index is 12.6. The van der Waals surface area contributed by atoms with Crippen molar-refractivity contribution >= 4 is 11.8 Å². The molecule has 6 nitrogen and oxygen atoms in total. The molecule has 0 saturated heterocycles. The Hall–Kier alpha value is -2.12. The number of hydrogen-bond donors (Lipinski definition) is 0. The Kier molecular flexibility index (Phi) is 3.66. The number of carbonyl (C=O) groups is 1. The number of alkyl halides is 2. The molecule has 0 radical (unpaired) electrons. The van der Waals surface area contributed by atoms with Crippen molar-refractivity contribution in [2.24, 2.45) is 0 Å². The Bertz CT molecular complexity index is 476. The normalized spacial score (nSPS) is 10.4. The molecule has 1 aromatic heterocycles. The second-order valence-electron chi connectivity index (χ2n) is 3.09. The number of methoxy groups -OCH3 is 1. The summed E-state index contributed by atoms with van der Waals surface area (Å²) < 4.78 is 29.5. The van der Waals surface area contributed by atoms with E-state index in [1.807, 2.05) is 0 Å². The number of nitro groups is 1. The number of hydrogen-bond acceptors (Lipinski definition) is 5. The lowest BCUT2D eigenvalue weighted by molar-refractivity contribution is -0.389. The predicted molar refractivity (Wildman–Crippen MR) is 51.9 cm³/mol. The maximum atomic E-state index is 12.6. The molecule has 0 aliphatic carbocycles. The fourth-order valence-corrected chi connectivity index (χ4v) is 1.23. The summed E-state index contributed by atoms with van der Waals surface area (Å²) in [6, 6.07) is 0.645. The van der Waals surface area contributed by atoms with Gasteiger partial charge in [-0.05, 0) is 16.8 Å². The van der Waals surface area contributed by atoms with Crippen molar-refractivity contribution in [1.82, 2.24) is 4.98 Å². The number of halogens is 2. The van der Waals surface area contributed by atoms with E-state index in [4.69, 9.17) is 0 Å². The van der Waals surface area contributed by atoms with Crippen LogP contribution < -0.4 is 0 Å². The Morgan fingerprint density at radius 2 is 2.18 bits per heavy atom. The molecule has 1 rings (SSSR count). The van der Waals surface area contributed by atoms with E-state index < -0.39 is 34.4 Å². The molecule has 0 aromatic carbocycles. The minimum absolute atomic E-state index is 0.127. The minimum Gasteiger partial charge on any atom is -0.463 e. The molecule has 0 atom stereocenters. The first-order valence-electron chi connectivity index (χ1n) is 4.40. The van der Waals surface area contributed by atoms with Gasteiger partial charge < -0.3 is 14.9 Å². The predicted octanol–water partition coefficient (Wildman–Crippen LogP) is 2.02. The fourth-order valence-electron chi connectivity index (χ4n) is 1.23. The molecule has 92 valence electrons. The quantitative estimate of drug-likeness (QED) is 0.463. The average molecular weight is 246 g/mol. The van der Waals surface area contributed by atoms with Crippen LogP contribution in [0.25, 0.3) is 0 Å². The van der Waals surface area contributed by atoms with Crippen molar-refractivity contribution < 1.29 is 23.2 Å². The van der Waals surface area contributed by atoms with Crippen molar-refractivity contribution in [2.45, 2.75) is 13.3 Å². The summed E-state index contributed by atoms with van der Waals surface area (Å²) in [5.41, 5.74) is -1.21. The number of pyridine rings is 1. The van der Waals surface area contributed by atoms with Crippen molar-refractivity contribution in [3.8, 4) is 0 Å². The molecule has 1 aromatic rings. The van der Waals surface area contributed by atoms with E-state index in [-0.39, 0.29) is 5.56 Å². The van der Waals surface area contributed by atoms with Crippen molar-refractivity contribution in [2.75, 3.05) is 7.11 Å². The standard InChI is InChI=1S/C9H8F2N2O4/c1-4-5(8(10)11)3-6(13(15)16)12-7(4)9(14)17-2/h3,8H,1-2H3. The number of aromatic nitrogens is 1. The molecule has 0 aliphatic rings. The molecule has 0 amide bonds. The summed E-state index contributed by atoms with van der Waals surface area (Å²) in [4.78, 5) is 24.2. The van der Waals surface area contributed by atoms with Crippen LogP contribution in [0, 0.1) is 17.0 Å². The Labute approximate surface area is 94.4 Å². The maximum Gasteiger partial charge on any atom is 0.383 e. The van der Waals surface area contributed by atoms with Gasteiger partial charge >= 0.3 is 11.8 Å². The van der Waals surface area contributed by atoms with Crippen LogP contribution in [0.1, 0.15) is 28.0 Å². The van der Waals surface area contributed by atoms with Gasteiger partial charge in [-0.25, -0.2) is 13.6 Å². The van der Waals surface area contributed by atoms with E-state index in [0.717, 1.165) is 7.11 Å². The van der Waals surface area contributed by atoms with Crippen LogP contribution in [0.5, 0.6) is 0 Å². The molecule has 17 heavy (non-hydrogen) atoms. The Morgan fingerprint density at radius 1 is 1.59 bits per heavy atom. The second-order valence-corrected chi connectivity index (χ2v) is 3.09. The first-order valence-corrected chi connectivity index (χ1v) is 4.40. The number of rotatable bonds is 3. The number of nitrogens with zero attached hydrogens (tertiary/aromatic N) is 2. The third kappa shape index (κ3) is 2.52. The number of carbonyl (C=O) groups excluding carboxylic acids is 1. The van der Waals surface area contributed by atoms with E-state index in [0.29, 0.717) is 6.07 Å². The lowest BCUT2D eigenvalue weighted by atomic mass is 10.1. The van der Waals surface area contributed by atoms with Gasteiger partial charge in [0.15, 0.2) is 0 Å². The van der Waals surface area contributed by atoms with Gasteiger partial charge in [0.25, 0.3) is 12.1 Å². The topological polar surface area (TPSA) is 82.3 Å². The van der Waals surface area contributed by atoms with Crippen LogP contribution in [0.15, 0.2) is 6.07 Å². The third-order valence-corrected chi connectivity index (χ3v) is 2.10. The third-order valence-electron chi connectivity index (χ3n) is 2.10. The van der Waals surface area contributed by atoms with E-state index in [1.165, 1.54) is 6.92 Å². The van der Waals surface area contributed by atoms with Gasteiger partial charge in [0.1, 0.15) is 0 Å². The van der Waals surface area contributed by atoms with Gasteiger partial charge in [-0.15, -0.1) is 0 Å². The molecule has 0 N–H and O–H groups in total. The van der Waals surface area contributed by atoms with Crippen LogP contribution >= 0.6 is 0 Å². The lowest BCUT2D eigenvalue weighted by Crippen LogP contribution is -2.11. The van der Waals surface area contributed by atoms with E-state index >= 15 is 0 Å². The first-order chi connectivity index (χ1) is 7.88. The highest BCUT2D eigenvalue weighted by atomic mass is 19.3. The zero-order valence-corrected chi connectivity index (χ0v) is 8.94. The molecule has 8 heteroatoms. The van der Waals surface area contributed by atoms with Gasteiger partial charge in [-0.3, -0.25) is 0 Å². The highest BCUT2D eigenvalue weighted by molar-refractivity contribution is 5.89. The number of esters is 1. The van der Waals surface area contributed by atoms with Crippen molar-refractivity contribution in [3.05, 3.63) is 33.0 Å². The second kappa shape index (κ2) is 4.81. The van der Waals surface area contributed by atoms with Crippen LogP contribution in [-0.2, 0) is 4.74 Å². The Morgan fingerprint density at radius 3 is 2.59 bits per heavy atom. The van der Waals surface area contributed by atoms with Crippen LogP contribution in [0.3, 0.4) is 0 Å². The summed E-state index contributed by atoms with van der Waals surface area (Å²) in [5.74, 6) is -1.81. The zero-order chi connectivity index (χ0) is 13.2. The molecule has 0 spiro atoms. The van der Waals surface area contributed by atoms with E-state index in [1.54, 1.807) is 0 Å². The smallest absolute Gasteiger partial charge is 0.383 e. The summed E-state index contributed by atoms with van der Waals surface area (Å²) >= 11 is 0. The highest BCUT2D eigenvalue weighted by Crippen LogP contribution is 2.27. The largest absolute Gasteiger partial charge is 0.463 e. The van der Waals surface area contributed by atoms with Crippen LogP contribution in [0.2, 0.25) is 0 Å². The van der Waals surface area contributed by atoms with Gasteiger partial charge in [-0.2, -0.15) is 0 Å². The lowest BCUT2D eigenvalue weighted by Gasteiger charge is -2.06. The Balaban J connectivity index is 3.48. The molecule has 0 fully saturated rings. The first kappa shape index (κ1) is 12.9. The summed E-state index contributed by atoms with van der Waals surface area (Å²) in [6.07, 6.45) is -2.93. The van der Waals surface area contributed by atoms with Gasteiger partial charge in [0.05, 0.1) is 7.11 Å².